The van der Waals surface area contributed by atoms with Gasteiger partial charge in [0.25, 0.3) is 0 Å². The van der Waals surface area contributed by atoms with Gasteiger partial charge in [0, 0.05) is 8.59 Å². The molecule has 76 valence electrons. The Balaban J connectivity index is 2.44. The molecule has 0 heterocycles. The molecule has 0 radical (unpaired) electrons. The van der Waals surface area contributed by atoms with Crippen molar-refractivity contribution in [1.29, 1.82) is 0 Å². The summed E-state index contributed by atoms with van der Waals surface area (Å²) < 4.78 is 11.8. The van der Waals surface area contributed by atoms with E-state index in [1.54, 1.807) is 0 Å². The Morgan fingerprint density at radius 2 is 1.67 bits per heavy atom. The van der Waals surface area contributed by atoms with E-state index in [0.29, 0.717) is 0 Å². The van der Waals surface area contributed by atoms with E-state index < -0.39 is 21.2 Å². The summed E-state index contributed by atoms with van der Waals surface area (Å²) in [4.78, 5) is 0. The zero-order valence-corrected chi connectivity index (χ0v) is 10.7. The lowest BCUT2D eigenvalue weighted by molar-refractivity contribution is 0.648. The van der Waals surface area contributed by atoms with Crippen molar-refractivity contribution in [3.05, 3.63) is 57.1 Å². The lowest BCUT2D eigenvalue weighted by Gasteiger charge is -2.01. The van der Waals surface area contributed by atoms with E-state index in [-0.39, 0.29) is 0 Å². The van der Waals surface area contributed by atoms with E-state index in [1.165, 1.54) is 0 Å². The molecule has 2 rings (SSSR count). The second-order valence-corrected chi connectivity index (χ2v) is 5.22. The maximum Gasteiger partial charge on any atom is 0.182 e. The fourth-order valence-electron chi connectivity index (χ4n) is 1.36. The second kappa shape index (κ2) is 4.86. The molecule has 0 amide bonds. The molecule has 15 heavy (non-hydrogen) atoms. The van der Waals surface area contributed by atoms with Crippen LogP contribution in [0.4, 0.5) is 0 Å². The third-order valence-electron chi connectivity index (χ3n) is 2.09. The van der Waals surface area contributed by atoms with Crippen LogP contribution in [0.2, 0.25) is 5.02 Å². The average molecular weight is 331 g/mol. The van der Waals surface area contributed by atoms with Crippen molar-refractivity contribution >= 4 is 32.8 Å². The molecule has 0 saturated carbocycles. The zero-order valence-electron chi connectivity index (χ0n) is 7.78. The van der Waals surface area contributed by atoms with Crippen molar-refractivity contribution in [3.8, 4) is 11.1 Å². The quantitative estimate of drug-likeness (QED) is 0.741. The van der Waals surface area contributed by atoms with Gasteiger partial charge in [0.1, 0.15) is 0 Å². The highest BCUT2D eigenvalue weighted by Gasteiger charge is 1.98. The van der Waals surface area contributed by atoms with E-state index in [2.05, 4.69) is 0 Å². The smallest absolute Gasteiger partial charge is 0.182 e. The largest absolute Gasteiger partial charge is 0.265 e. The monoisotopic (exact) mass is 330 g/mol. The zero-order chi connectivity index (χ0) is 10.7. The minimum absolute atomic E-state index is 0.728. The summed E-state index contributed by atoms with van der Waals surface area (Å²) in [7, 11) is 0. The Kier molecular flexibility index (Phi) is 3.49. The van der Waals surface area contributed by atoms with Crippen LogP contribution in [0, 0.1) is 3.57 Å². The first-order valence-electron chi connectivity index (χ1n) is 4.43. The molecule has 0 atom stereocenters. The fourth-order valence-corrected chi connectivity index (χ4v) is 2.30. The molecule has 0 unspecified atom stereocenters. The van der Waals surface area contributed by atoms with E-state index in [9.17, 15) is 3.07 Å². The Labute approximate surface area is 104 Å². The molecule has 2 aromatic rings. The van der Waals surface area contributed by atoms with Gasteiger partial charge in [0.05, 0.1) is 0 Å². The van der Waals surface area contributed by atoms with Crippen molar-refractivity contribution in [1.82, 2.24) is 0 Å². The van der Waals surface area contributed by atoms with Crippen LogP contribution in [0.25, 0.3) is 11.1 Å². The van der Waals surface area contributed by atoms with E-state index in [4.69, 9.17) is 11.6 Å². The summed E-state index contributed by atoms with van der Waals surface area (Å²) in [6, 6.07) is 15.4. The fraction of sp³-hybridized carbons (Fsp3) is 0. The van der Waals surface area contributed by atoms with Gasteiger partial charge in [0.2, 0.25) is 0 Å². The molecular formula is C12H8ClIO. The molecule has 2 aromatic carbocycles. The maximum atomic E-state index is 10.9. The van der Waals surface area contributed by atoms with Crippen LogP contribution >= 0.6 is 32.8 Å². The normalized spacial score (nSPS) is 10.2. The molecule has 0 bridgehead atoms. The minimum Gasteiger partial charge on any atom is -0.265 e. The Morgan fingerprint density at radius 3 is 2.33 bits per heavy atom. The molecule has 0 N–H and O–H groups in total. The van der Waals surface area contributed by atoms with Crippen LogP contribution in [-0.4, -0.2) is 0 Å². The number of rotatable bonds is 2. The van der Waals surface area contributed by atoms with Gasteiger partial charge >= 0.3 is 0 Å². The topological polar surface area (TPSA) is 17.1 Å². The van der Waals surface area contributed by atoms with Gasteiger partial charge in [-0.25, -0.2) is 0 Å². The first-order valence-corrected chi connectivity index (χ1v) is 6.76. The highest BCUT2D eigenvalue weighted by molar-refractivity contribution is 14.1. The van der Waals surface area contributed by atoms with Crippen molar-refractivity contribution in [2.45, 2.75) is 0 Å². The average Bonchev–Trinajstić information content (AvgIpc) is 2.30. The number of hydrogen-bond donors (Lipinski definition) is 0. The van der Waals surface area contributed by atoms with Gasteiger partial charge < -0.3 is 0 Å². The first-order chi connectivity index (χ1) is 7.29. The standard InChI is InChI=1S/C12H8ClIO/c13-11-6-4-9(5-7-11)10-2-1-3-12(8-10)14-15/h1-8H. The lowest BCUT2D eigenvalue weighted by Crippen LogP contribution is -1.78. The van der Waals surface area contributed by atoms with Gasteiger partial charge in [-0.1, -0.05) is 35.9 Å². The molecule has 0 aromatic heterocycles. The molecule has 1 nitrogen and oxygen atoms in total. The Morgan fingerprint density at radius 1 is 0.933 bits per heavy atom. The van der Waals surface area contributed by atoms with Gasteiger partial charge in [-0.05, 0) is 35.4 Å². The highest BCUT2D eigenvalue weighted by Crippen LogP contribution is 2.23. The molecule has 0 aliphatic carbocycles. The van der Waals surface area contributed by atoms with Crippen molar-refractivity contribution in [2.24, 2.45) is 0 Å². The minimum atomic E-state index is -1.08. The summed E-state index contributed by atoms with van der Waals surface area (Å²) in [5.74, 6) is 0. The third-order valence-corrected chi connectivity index (χ3v) is 3.52. The molecule has 3 heteroatoms. The first kappa shape index (κ1) is 10.8. The van der Waals surface area contributed by atoms with Gasteiger partial charge in [-0.2, -0.15) is 0 Å². The van der Waals surface area contributed by atoms with Crippen LogP contribution in [0.15, 0.2) is 48.5 Å². The van der Waals surface area contributed by atoms with E-state index in [0.717, 1.165) is 19.7 Å². The van der Waals surface area contributed by atoms with Crippen LogP contribution in [0.3, 0.4) is 0 Å². The van der Waals surface area contributed by atoms with Crippen LogP contribution < -0.4 is 0 Å². The molecule has 0 aliphatic heterocycles. The van der Waals surface area contributed by atoms with Crippen LogP contribution in [0.1, 0.15) is 0 Å². The summed E-state index contributed by atoms with van der Waals surface area (Å²) in [6.07, 6.45) is 0. The molecule has 0 fully saturated rings. The van der Waals surface area contributed by atoms with Crippen molar-refractivity contribution in [3.63, 3.8) is 0 Å². The number of benzene rings is 2. The third kappa shape index (κ3) is 2.63. The summed E-state index contributed by atoms with van der Waals surface area (Å²) in [5, 5.41) is 0.728. The van der Waals surface area contributed by atoms with E-state index in [1.807, 2.05) is 48.5 Å². The SMILES string of the molecule is O=Ic1cccc(-c2ccc(Cl)cc2)c1. The Hall–Kier alpha value is -0.740. The molecular weight excluding hydrogens is 322 g/mol. The number of halogens is 2. The van der Waals surface area contributed by atoms with Crippen LogP contribution in [-0.2, 0) is 3.07 Å². The molecule has 0 saturated heterocycles. The lowest BCUT2D eigenvalue weighted by atomic mass is 10.1. The summed E-state index contributed by atoms with van der Waals surface area (Å²) in [6.45, 7) is 0. The van der Waals surface area contributed by atoms with Crippen molar-refractivity contribution in [2.75, 3.05) is 0 Å². The van der Waals surface area contributed by atoms with Gasteiger partial charge in [-0.3, -0.25) is 3.07 Å². The number of hydrogen-bond acceptors (Lipinski definition) is 1. The highest BCUT2D eigenvalue weighted by atomic mass is 127. The van der Waals surface area contributed by atoms with Crippen molar-refractivity contribution < 1.29 is 3.07 Å². The van der Waals surface area contributed by atoms with Gasteiger partial charge in [0.15, 0.2) is 21.2 Å². The molecule has 0 aliphatic rings. The van der Waals surface area contributed by atoms with Crippen LogP contribution in [0.5, 0.6) is 0 Å². The van der Waals surface area contributed by atoms with E-state index >= 15 is 0 Å². The molecule has 0 spiro atoms. The second-order valence-electron chi connectivity index (χ2n) is 3.09. The Bertz CT molecular complexity index is 479. The predicted molar refractivity (Wildman–Crippen MR) is 70.3 cm³/mol. The maximum absolute atomic E-state index is 10.9. The predicted octanol–water partition coefficient (Wildman–Crippen LogP) is 4.49. The van der Waals surface area contributed by atoms with Gasteiger partial charge in [-0.15, -0.1) is 0 Å². The summed E-state index contributed by atoms with van der Waals surface area (Å²) in [5.41, 5.74) is 2.18. The summed E-state index contributed by atoms with van der Waals surface area (Å²) >= 11 is 4.73.